The quantitative estimate of drug-likeness (QED) is 0.122. The van der Waals surface area contributed by atoms with Crippen LogP contribution in [0.1, 0.15) is 33.0 Å². The Morgan fingerprint density at radius 3 is 2.26 bits per heavy atom. The van der Waals surface area contributed by atoms with Crippen molar-refractivity contribution in [2.45, 2.75) is 12.5 Å². The smallest absolute Gasteiger partial charge is 0.410 e. The van der Waals surface area contributed by atoms with Crippen LogP contribution in [0.2, 0.25) is 0 Å². The number of nitrogens with one attached hydrogen (secondary N) is 2. The Morgan fingerprint density at radius 2 is 1.57 bits per heavy atom. The molecule has 0 unspecified atom stereocenters. The average Bonchev–Trinajstić information content (AvgIpc) is 3.41. The normalized spacial score (nSPS) is 11.7. The molecule has 0 atom stereocenters. The molecule has 47 heavy (non-hydrogen) atoms. The molecule has 0 fully saturated rings. The minimum atomic E-state index is -1.02. The molecular weight excluding hydrogens is 596 g/mol. The summed E-state index contributed by atoms with van der Waals surface area (Å²) in [5, 5.41) is 15.7. The van der Waals surface area contributed by atoms with Crippen molar-refractivity contribution in [3.05, 3.63) is 126 Å². The van der Waals surface area contributed by atoms with Crippen molar-refractivity contribution in [2.75, 3.05) is 37.4 Å². The third kappa shape index (κ3) is 7.00. The Morgan fingerprint density at radius 1 is 0.872 bits per heavy atom. The number of anilines is 4. The van der Waals surface area contributed by atoms with Crippen LogP contribution in [0.15, 0.2) is 103 Å². The van der Waals surface area contributed by atoms with Crippen molar-refractivity contribution in [3.63, 3.8) is 0 Å². The van der Waals surface area contributed by atoms with Gasteiger partial charge >= 0.3 is 12.1 Å². The molecule has 1 aromatic heterocycles. The van der Waals surface area contributed by atoms with Crippen LogP contribution in [0.3, 0.4) is 0 Å². The van der Waals surface area contributed by atoms with Crippen molar-refractivity contribution in [1.29, 1.82) is 0 Å². The van der Waals surface area contributed by atoms with E-state index in [-0.39, 0.29) is 31.2 Å². The molecule has 4 aromatic carbocycles. The molecule has 1 aliphatic rings. The van der Waals surface area contributed by atoms with E-state index in [0.29, 0.717) is 35.3 Å². The first-order valence-corrected chi connectivity index (χ1v) is 15.1. The van der Waals surface area contributed by atoms with Gasteiger partial charge < -0.3 is 35.8 Å². The summed E-state index contributed by atoms with van der Waals surface area (Å²) >= 11 is 0. The number of nitrogens with zero attached hydrogens (tertiary/aromatic N) is 3. The number of hydrogen-bond donors (Lipinski definition) is 4. The largest absolute Gasteiger partial charge is 0.495 e. The third-order valence-electron chi connectivity index (χ3n) is 7.94. The Labute approximate surface area is 272 Å². The second-order valence-electron chi connectivity index (χ2n) is 11.0. The fourth-order valence-electron chi connectivity index (χ4n) is 5.76. The van der Waals surface area contributed by atoms with Crippen LogP contribution >= 0.6 is 0 Å². The lowest BCUT2D eigenvalue weighted by molar-refractivity contribution is 0.0696. The van der Waals surface area contributed by atoms with Crippen LogP contribution in [0, 0.1) is 0 Å². The molecule has 0 aliphatic heterocycles. The number of nitrogens with two attached hydrogens (primary N) is 1. The highest BCUT2D eigenvalue weighted by atomic mass is 16.6. The molecule has 0 radical (unpaired) electrons. The van der Waals surface area contributed by atoms with Crippen molar-refractivity contribution < 1.29 is 24.2 Å². The minimum absolute atomic E-state index is 0.0452. The van der Waals surface area contributed by atoms with Crippen LogP contribution in [0.4, 0.5) is 27.8 Å². The highest BCUT2D eigenvalue weighted by Crippen LogP contribution is 2.44. The minimum Gasteiger partial charge on any atom is -0.495 e. The number of carbonyl (C=O) groups is 2. The molecule has 0 saturated heterocycles. The lowest BCUT2D eigenvalue weighted by atomic mass is 9.98. The zero-order chi connectivity index (χ0) is 32.8. The molecule has 238 valence electrons. The highest BCUT2D eigenvalue weighted by Gasteiger charge is 2.29. The van der Waals surface area contributed by atoms with Crippen molar-refractivity contribution >= 4 is 35.1 Å². The monoisotopic (exact) mass is 630 g/mol. The Kier molecular flexibility index (Phi) is 9.26. The number of methoxy groups -OCH3 is 1. The summed E-state index contributed by atoms with van der Waals surface area (Å²) in [7, 11) is 1.57. The van der Waals surface area contributed by atoms with E-state index in [9.17, 15) is 14.7 Å². The number of carboxylic acid groups (broad SMARTS) is 1. The summed E-state index contributed by atoms with van der Waals surface area (Å²) in [4.78, 5) is 34.9. The van der Waals surface area contributed by atoms with Gasteiger partial charge in [0.05, 0.1) is 18.4 Å². The zero-order valence-corrected chi connectivity index (χ0v) is 25.7. The summed E-state index contributed by atoms with van der Waals surface area (Å²) in [5.74, 6) is 0.445. The second kappa shape index (κ2) is 14.0. The summed E-state index contributed by atoms with van der Waals surface area (Å²) < 4.78 is 11.5. The Balaban J connectivity index is 1.15. The maximum absolute atomic E-state index is 13.4. The van der Waals surface area contributed by atoms with Gasteiger partial charge in [0.15, 0.2) is 0 Å². The molecule has 6 rings (SSSR count). The van der Waals surface area contributed by atoms with Gasteiger partial charge in [-0.05, 0) is 58.1 Å². The molecule has 1 heterocycles. The zero-order valence-electron chi connectivity index (χ0n) is 25.7. The maximum atomic E-state index is 13.4. The number of carbonyl (C=O) groups excluding carboxylic acids is 1. The standard InChI is InChI=1S/C36H34N6O5/c1-46-32-14-13-23(17-31(32)41-34-19-33(38-22-39-34)40-25-8-6-7-24(18-25)35(43)44)20-42(16-15-37)36(45)47-21-30-28-11-4-2-9-26(28)27-10-3-5-12-29(27)30/h2-14,17-19,22,30H,15-16,20-21,37H2,1H3,(H,43,44)(H2,38,39,40,41). The van der Waals surface area contributed by atoms with E-state index in [0.717, 1.165) is 16.7 Å². The van der Waals surface area contributed by atoms with Crippen LogP contribution < -0.4 is 21.1 Å². The van der Waals surface area contributed by atoms with Crippen molar-refractivity contribution in [1.82, 2.24) is 14.9 Å². The van der Waals surface area contributed by atoms with Gasteiger partial charge in [0.2, 0.25) is 0 Å². The van der Waals surface area contributed by atoms with Gasteiger partial charge in [0, 0.05) is 37.3 Å². The SMILES string of the molecule is COc1ccc(CN(CCN)C(=O)OCC2c3ccccc3-c3ccccc32)cc1Nc1cc(Nc2cccc(C(=O)O)c2)ncn1. The van der Waals surface area contributed by atoms with Gasteiger partial charge in [-0.1, -0.05) is 60.7 Å². The molecule has 5 N–H and O–H groups in total. The summed E-state index contributed by atoms with van der Waals surface area (Å²) in [6.45, 7) is 1.07. The fourth-order valence-corrected chi connectivity index (χ4v) is 5.76. The number of rotatable bonds is 12. The maximum Gasteiger partial charge on any atom is 0.410 e. The molecule has 0 bridgehead atoms. The number of fused-ring (bicyclic) bond motifs is 3. The van der Waals surface area contributed by atoms with Crippen LogP contribution in [-0.2, 0) is 11.3 Å². The summed E-state index contributed by atoms with van der Waals surface area (Å²) in [6, 6.07) is 30.1. The number of amides is 1. The first-order chi connectivity index (χ1) is 22.9. The number of aromatic carboxylic acids is 1. The van der Waals surface area contributed by atoms with Crippen LogP contribution in [-0.4, -0.2) is 58.8 Å². The van der Waals surface area contributed by atoms with E-state index < -0.39 is 12.1 Å². The molecule has 0 spiro atoms. The van der Waals surface area contributed by atoms with E-state index in [4.69, 9.17) is 15.2 Å². The van der Waals surface area contributed by atoms with Crippen LogP contribution in [0.25, 0.3) is 11.1 Å². The van der Waals surface area contributed by atoms with E-state index >= 15 is 0 Å². The molecule has 11 nitrogen and oxygen atoms in total. The summed E-state index contributed by atoms with van der Waals surface area (Å²) in [6.07, 6.45) is 0.948. The summed E-state index contributed by atoms with van der Waals surface area (Å²) in [5.41, 5.74) is 12.7. The van der Waals surface area contributed by atoms with Crippen molar-refractivity contribution in [2.24, 2.45) is 5.73 Å². The Hall–Kier alpha value is -5.94. The van der Waals surface area contributed by atoms with Crippen LogP contribution in [0.5, 0.6) is 5.75 Å². The topological polar surface area (TPSA) is 152 Å². The third-order valence-corrected chi connectivity index (χ3v) is 7.94. The van der Waals surface area contributed by atoms with Gasteiger partial charge in [0.1, 0.15) is 30.3 Å². The number of carboxylic acids is 1. The van der Waals surface area contributed by atoms with Gasteiger partial charge in [0.25, 0.3) is 0 Å². The number of benzene rings is 4. The average molecular weight is 631 g/mol. The molecular formula is C36H34N6O5. The lowest BCUT2D eigenvalue weighted by Crippen LogP contribution is -2.36. The molecule has 0 saturated carbocycles. The van der Waals surface area contributed by atoms with Gasteiger partial charge in [-0.15, -0.1) is 0 Å². The van der Waals surface area contributed by atoms with Crippen molar-refractivity contribution in [3.8, 4) is 16.9 Å². The first kappa shape index (κ1) is 31.1. The lowest BCUT2D eigenvalue weighted by Gasteiger charge is -2.24. The first-order valence-electron chi connectivity index (χ1n) is 15.1. The second-order valence-corrected chi connectivity index (χ2v) is 11.0. The van der Waals surface area contributed by atoms with E-state index in [2.05, 4.69) is 44.9 Å². The predicted octanol–water partition coefficient (Wildman–Crippen LogP) is 6.38. The van der Waals surface area contributed by atoms with Gasteiger partial charge in [-0.25, -0.2) is 19.6 Å². The van der Waals surface area contributed by atoms with E-state index in [1.165, 1.54) is 29.6 Å². The molecule has 1 aliphatic carbocycles. The molecule has 5 aromatic rings. The molecule has 1 amide bonds. The van der Waals surface area contributed by atoms with Gasteiger partial charge in [-0.2, -0.15) is 0 Å². The van der Waals surface area contributed by atoms with E-state index in [1.54, 1.807) is 30.2 Å². The highest BCUT2D eigenvalue weighted by molar-refractivity contribution is 5.89. The Bertz CT molecular complexity index is 1870. The van der Waals surface area contributed by atoms with E-state index in [1.807, 2.05) is 42.5 Å². The number of hydrogen-bond acceptors (Lipinski definition) is 9. The number of aromatic nitrogens is 2. The number of ether oxygens (including phenoxy) is 2. The predicted molar refractivity (Wildman–Crippen MR) is 180 cm³/mol. The van der Waals surface area contributed by atoms with Gasteiger partial charge in [-0.3, -0.25) is 0 Å². The molecule has 11 heteroatoms. The fraction of sp³-hybridized carbons (Fsp3) is 0.167.